The van der Waals surface area contributed by atoms with Crippen LogP contribution in [0.15, 0.2) is 64.8 Å². The van der Waals surface area contributed by atoms with Crippen molar-refractivity contribution >= 4 is 39.1 Å². The quantitative estimate of drug-likeness (QED) is 0.499. The molecule has 26 heavy (non-hydrogen) atoms. The van der Waals surface area contributed by atoms with Crippen LogP contribution in [0.2, 0.25) is 0 Å². The Balaban J connectivity index is 1.94. The molecule has 0 bridgehead atoms. The molecule has 0 aliphatic rings. The van der Waals surface area contributed by atoms with Gasteiger partial charge in [-0.15, -0.1) is 0 Å². The van der Waals surface area contributed by atoms with Crippen molar-refractivity contribution in [2.24, 2.45) is 0 Å². The van der Waals surface area contributed by atoms with Gasteiger partial charge in [0.2, 0.25) is 5.91 Å². The van der Waals surface area contributed by atoms with Crippen molar-refractivity contribution in [2.75, 3.05) is 10.6 Å². The van der Waals surface area contributed by atoms with Gasteiger partial charge in [0, 0.05) is 35.5 Å². The lowest BCUT2D eigenvalue weighted by Crippen LogP contribution is -2.16. The lowest BCUT2D eigenvalue weighted by atomic mass is 10.2. The minimum atomic E-state index is -0.511. The van der Waals surface area contributed by atoms with Crippen molar-refractivity contribution in [3.8, 4) is 6.07 Å². The molecule has 0 fully saturated rings. The van der Waals surface area contributed by atoms with E-state index in [-0.39, 0.29) is 11.5 Å². The van der Waals surface area contributed by atoms with E-state index in [1.807, 2.05) is 30.3 Å². The summed E-state index contributed by atoms with van der Waals surface area (Å²) in [5.74, 6) is -0.684. The Hall–Kier alpha value is -3.11. The predicted octanol–water partition coefficient (Wildman–Crippen LogP) is 3.54. The van der Waals surface area contributed by atoms with Gasteiger partial charge in [-0.3, -0.25) is 9.59 Å². The standard InChI is InChI=1S/C19H17BrN4O2/c1-13(25)23-17-6-8-18(9-7-17)24-19(26)15(10-21)12-22-11-14-2-4-16(20)5-3-14/h2-9,12,22H,11H2,1H3,(H,23,25)(H,24,26)/b15-12-. The molecular formula is C19H17BrN4O2. The Morgan fingerprint density at radius 2 is 1.62 bits per heavy atom. The van der Waals surface area contributed by atoms with E-state index >= 15 is 0 Å². The van der Waals surface area contributed by atoms with E-state index in [1.54, 1.807) is 24.3 Å². The van der Waals surface area contributed by atoms with Crippen LogP contribution < -0.4 is 16.0 Å². The molecule has 0 saturated carbocycles. The molecule has 7 heteroatoms. The number of hydrogen-bond donors (Lipinski definition) is 3. The monoisotopic (exact) mass is 412 g/mol. The number of benzene rings is 2. The van der Waals surface area contributed by atoms with E-state index < -0.39 is 5.91 Å². The normalized spacial score (nSPS) is 10.6. The van der Waals surface area contributed by atoms with Gasteiger partial charge < -0.3 is 16.0 Å². The Morgan fingerprint density at radius 3 is 2.15 bits per heavy atom. The van der Waals surface area contributed by atoms with Gasteiger partial charge in [0.05, 0.1) is 0 Å². The van der Waals surface area contributed by atoms with Crippen molar-refractivity contribution in [3.05, 3.63) is 70.3 Å². The average Bonchev–Trinajstić information content (AvgIpc) is 2.61. The first-order valence-electron chi connectivity index (χ1n) is 7.75. The predicted molar refractivity (Wildman–Crippen MR) is 104 cm³/mol. The summed E-state index contributed by atoms with van der Waals surface area (Å²) in [5.41, 5.74) is 2.14. The maximum atomic E-state index is 12.2. The number of nitrogens with one attached hydrogen (secondary N) is 3. The van der Waals surface area contributed by atoms with Gasteiger partial charge in [0.25, 0.3) is 5.91 Å². The van der Waals surface area contributed by atoms with E-state index in [9.17, 15) is 14.9 Å². The molecule has 2 aromatic rings. The minimum absolute atomic E-state index is 0.0342. The van der Waals surface area contributed by atoms with Gasteiger partial charge in [-0.2, -0.15) is 5.26 Å². The molecule has 3 N–H and O–H groups in total. The number of nitriles is 1. The number of anilines is 2. The summed E-state index contributed by atoms with van der Waals surface area (Å²) in [6.45, 7) is 1.91. The first-order chi connectivity index (χ1) is 12.5. The number of amides is 2. The lowest BCUT2D eigenvalue weighted by Gasteiger charge is -2.07. The topological polar surface area (TPSA) is 94.0 Å². The Kier molecular flexibility index (Phi) is 6.94. The summed E-state index contributed by atoms with van der Waals surface area (Å²) in [7, 11) is 0. The Morgan fingerprint density at radius 1 is 1.04 bits per heavy atom. The molecule has 2 rings (SSSR count). The Labute approximate surface area is 160 Å². The highest BCUT2D eigenvalue weighted by atomic mass is 79.9. The van der Waals surface area contributed by atoms with E-state index in [1.165, 1.54) is 13.1 Å². The summed E-state index contributed by atoms with van der Waals surface area (Å²) in [4.78, 5) is 23.2. The third-order valence-corrected chi connectivity index (χ3v) is 3.82. The summed E-state index contributed by atoms with van der Waals surface area (Å²) in [6, 6.07) is 16.2. The second-order valence-electron chi connectivity index (χ2n) is 5.39. The summed E-state index contributed by atoms with van der Waals surface area (Å²) >= 11 is 3.37. The zero-order chi connectivity index (χ0) is 18.9. The van der Waals surface area contributed by atoms with Crippen molar-refractivity contribution in [3.63, 3.8) is 0 Å². The van der Waals surface area contributed by atoms with Crippen molar-refractivity contribution in [1.82, 2.24) is 5.32 Å². The molecule has 0 radical (unpaired) electrons. The highest BCUT2D eigenvalue weighted by Gasteiger charge is 2.09. The van der Waals surface area contributed by atoms with Crippen LogP contribution in [-0.4, -0.2) is 11.8 Å². The molecule has 0 saturated heterocycles. The smallest absolute Gasteiger partial charge is 0.267 e. The van der Waals surface area contributed by atoms with E-state index in [4.69, 9.17) is 0 Å². The fraction of sp³-hybridized carbons (Fsp3) is 0.105. The highest BCUT2D eigenvalue weighted by molar-refractivity contribution is 9.10. The molecule has 6 nitrogen and oxygen atoms in total. The fourth-order valence-electron chi connectivity index (χ4n) is 2.06. The zero-order valence-corrected chi connectivity index (χ0v) is 15.6. The fourth-order valence-corrected chi connectivity index (χ4v) is 2.32. The number of rotatable bonds is 6. The molecule has 2 aromatic carbocycles. The number of hydrogen-bond acceptors (Lipinski definition) is 4. The van der Waals surface area contributed by atoms with Crippen molar-refractivity contribution in [2.45, 2.75) is 13.5 Å². The summed E-state index contributed by atoms with van der Waals surface area (Å²) in [5, 5.41) is 17.4. The maximum Gasteiger partial charge on any atom is 0.267 e. The van der Waals surface area contributed by atoms with Crippen LogP contribution >= 0.6 is 15.9 Å². The van der Waals surface area contributed by atoms with Crippen LogP contribution in [0, 0.1) is 11.3 Å². The van der Waals surface area contributed by atoms with Gasteiger partial charge in [0.1, 0.15) is 11.6 Å². The first-order valence-corrected chi connectivity index (χ1v) is 8.54. The van der Waals surface area contributed by atoms with Crippen LogP contribution in [0.1, 0.15) is 12.5 Å². The van der Waals surface area contributed by atoms with Crippen molar-refractivity contribution < 1.29 is 9.59 Å². The van der Waals surface area contributed by atoms with E-state index in [0.29, 0.717) is 17.9 Å². The summed E-state index contributed by atoms with van der Waals surface area (Å²) < 4.78 is 0.985. The molecule has 0 aliphatic carbocycles. The van der Waals surface area contributed by atoms with Crippen LogP contribution in [0.5, 0.6) is 0 Å². The Bertz CT molecular complexity index is 853. The van der Waals surface area contributed by atoms with E-state index in [0.717, 1.165) is 10.0 Å². The summed E-state index contributed by atoms with van der Waals surface area (Å²) in [6.07, 6.45) is 1.39. The second kappa shape index (κ2) is 9.39. The third-order valence-electron chi connectivity index (χ3n) is 3.29. The van der Waals surface area contributed by atoms with Gasteiger partial charge in [-0.05, 0) is 42.0 Å². The number of nitrogens with zero attached hydrogens (tertiary/aromatic N) is 1. The molecule has 0 unspecified atom stereocenters. The van der Waals surface area contributed by atoms with Gasteiger partial charge in [-0.1, -0.05) is 28.1 Å². The molecule has 0 aliphatic heterocycles. The molecule has 132 valence electrons. The van der Waals surface area contributed by atoms with E-state index in [2.05, 4.69) is 31.9 Å². The largest absolute Gasteiger partial charge is 0.386 e. The maximum absolute atomic E-state index is 12.2. The van der Waals surface area contributed by atoms with Crippen LogP contribution in [0.25, 0.3) is 0 Å². The molecule has 0 aromatic heterocycles. The molecule has 2 amide bonds. The third kappa shape index (κ3) is 6.07. The number of carbonyl (C=O) groups is 2. The molecule has 0 atom stereocenters. The van der Waals surface area contributed by atoms with Crippen LogP contribution in [-0.2, 0) is 16.1 Å². The lowest BCUT2D eigenvalue weighted by molar-refractivity contribution is -0.114. The molecule has 0 spiro atoms. The van der Waals surface area contributed by atoms with Crippen molar-refractivity contribution in [1.29, 1.82) is 5.26 Å². The van der Waals surface area contributed by atoms with Crippen LogP contribution in [0.3, 0.4) is 0 Å². The highest BCUT2D eigenvalue weighted by Crippen LogP contribution is 2.14. The second-order valence-corrected chi connectivity index (χ2v) is 6.31. The van der Waals surface area contributed by atoms with Gasteiger partial charge >= 0.3 is 0 Å². The van der Waals surface area contributed by atoms with Gasteiger partial charge in [0.15, 0.2) is 0 Å². The zero-order valence-electron chi connectivity index (χ0n) is 14.0. The van der Waals surface area contributed by atoms with Gasteiger partial charge in [-0.25, -0.2) is 0 Å². The molecule has 0 heterocycles. The van der Waals surface area contributed by atoms with Crippen LogP contribution in [0.4, 0.5) is 11.4 Å². The average molecular weight is 413 g/mol. The number of halogens is 1. The number of carbonyl (C=O) groups excluding carboxylic acids is 2. The SMILES string of the molecule is CC(=O)Nc1ccc(NC(=O)/C(C#N)=C\NCc2ccc(Br)cc2)cc1. The first kappa shape index (κ1) is 19.2. The molecular weight excluding hydrogens is 396 g/mol. The minimum Gasteiger partial charge on any atom is -0.386 e.